The van der Waals surface area contributed by atoms with Crippen molar-refractivity contribution in [3.05, 3.63) is 65.2 Å². The number of carbonyl (C=O) groups excluding carboxylic acids is 2. The van der Waals surface area contributed by atoms with Crippen molar-refractivity contribution in [3.63, 3.8) is 0 Å². The van der Waals surface area contributed by atoms with Crippen LogP contribution in [0.15, 0.2) is 48.5 Å². The number of alkyl carbamates (subject to hydrolysis) is 1. The van der Waals surface area contributed by atoms with Crippen LogP contribution >= 0.6 is 0 Å². The lowest BCUT2D eigenvalue weighted by molar-refractivity contribution is -0.123. The van der Waals surface area contributed by atoms with Gasteiger partial charge < -0.3 is 20.1 Å². The summed E-state index contributed by atoms with van der Waals surface area (Å²) in [4.78, 5) is 25.1. The van der Waals surface area contributed by atoms with Crippen LogP contribution in [0.2, 0.25) is 0 Å². The molecule has 162 valence electrons. The fraction of sp³-hybridized carbons (Fsp3) is 0.417. The molecule has 0 bridgehead atoms. The maximum absolute atomic E-state index is 12.8. The zero-order valence-electron chi connectivity index (χ0n) is 18.5. The summed E-state index contributed by atoms with van der Waals surface area (Å²) in [6, 6.07) is 14.8. The van der Waals surface area contributed by atoms with Gasteiger partial charge in [-0.2, -0.15) is 0 Å². The Morgan fingerprint density at radius 2 is 1.77 bits per heavy atom. The Balaban J connectivity index is 2.02. The Morgan fingerprint density at radius 1 is 1.07 bits per heavy atom. The smallest absolute Gasteiger partial charge is 0.408 e. The second kappa shape index (κ2) is 10.7. The molecule has 0 saturated carbocycles. The van der Waals surface area contributed by atoms with Crippen molar-refractivity contribution in [2.45, 2.75) is 52.2 Å². The molecule has 6 heteroatoms. The summed E-state index contributed by atoms with van der Waals surface area (Å²) in [6.07, 6.45) is 0.389. The largest absolute Gasteiger partial charge is 0.496 e. The molecule has 0 saturated heterocycles. The van der Waals surface area contributed by atoms with Gasteiger partial charge in [0.2, 0.25) is 5.91 Å². The molecule has 2 amide bonds. The number of carbonyl (C=O) groups is 2. The molecule has 0 aliphatic heterocycles. The van der Waals surface area contributed by atoms with Crippen molar-refractivity contribution in [2.24, 2.45) is 0 Å². The van der Waals surface area contributed by atoms with Crippen LogP contribution < -0.4 is 15.4 Å². The van der Waals surface area contributed by atoms with Gasteiger partial charge in [-0.05, 0) is 51.3 Å². The van der Waals surface area contributed by atoms with Crippen molar-refractivity contribution in [3.8, 4) is 5.75 Å². The minimum absolute atomic E-state index is 0.253. The SMILES string of the molecule is COc1ccc(C)cc1CCNC(=O)[C@@H](Cc1ccccc1)NC(=O)OC(C)(C)C. The van der Waals surface area contributed by atoms with Crippen LogP contribution in [0.1, 0.15) is 37.5 Å². The minimum Gasteiger partial charge on any atom is -0.496 e. The van der Waals surface area contributed by atoms with Gasteiger partial charge in [0.15, 0.2) is 0 Å². The van der Waals surface area contributed by atoms with E-state index in [-0.39, 0.29) is 5.91 Å². The van der Waals surface area contributed by atoms with Gasteiger partial charge in [-0.3, -0.25) is 4.79 Å². The molecule has 0 aliphatic carbocycles. The first-order chi connectivity index (χ1) is 14.2. The van der Waals surface area contributed by atoms with Gasteiger partial charge in [-0.25, -0.2) is 4.79 Å². The number of methoxy groups -OCH3 is 1. The molecule has 0 heterocycles. The molecule has 0 spiro atoms. The number of nitrogens with one attached hydrogen (secondary N) is 2. The van der Waals surface area contributed by atoms with E-state index in [0.717, 1.165) is 22.4 Å². The van der Waals surface area contributed by atoms with Gasteiger partial charge in [0.1, 0.15) is 17.4 Å². The zero-order valence-corrected chi connectivity index (χ0v) is 18.5. The average molecular weight is 413 g/mol. The van der Waals surface area contributed by atoms with Crippen molar-refractivity contribution in [1.29, 1.82) is 0 Å². The van der Waals surface area contributed by atoms with E-state index in [4.69, 9.17) is 9.47 Å². The van der Waals surface area contributed by atoms with E-state index < -0.39 is 17.7 Å². The maximum Gasteiger partial charge on any atom is 0.408 e. The van der Waals surface area contributed by atoms with E-state index in [9.17, 15) is 9.59 Å². The number of aryl methyl sites for hydroxylation is 1. The summed E-state index contributed by atoms with van der Waals surface area (Å²) in [5.41, 5.74) is 2.47. The molecule has 0 aromatic heterocycles. The molecular weight excluding hydrogens is 380 g/mol. The van der Waals surface area contributed by atoms with E-state index in [1.807, 2.05) is 55.5 Å². The molecule has 0 radical (unpaired) electrons. The van der Waals surface area contributed by atoms with Crippen molar-refractivity contribution < 1.29 is 19.1 Å². The number of ether oxygens (including phenoxy) is 2. The molecule has 0 fully saturated rings. The van der Waals surface area contributed by atoms with E-state index in [2.05, 4.69) is 10.6 Å². The van der Waals surface area contributed by atoms with Crippen LogP contribution in [0.4, 0.5) is 4.79 Å². The highest BCUT2D eigenvalue weighted by atomic mass is 16.6. The summed E-state index contributed by atoms with van der Waals surface area (Å²) in [5.74, 6) is 0.541. The van der Waals surface area contributed by atoms with Crippen LogP contribution in [0.25, 0.3) is 0 Å². The van der Waals surface area contributed by atoms with Crippen LogP contribution in [0.3, 0.4) is 0 Å². The normalized spacial score (nSPS) is 12.0. The van der Waals surface area contributed by atoms with Gasteiger partial charge in [-0.1, -0.05) is 48.0 Å². The van der Waals surface area contributed by atoms with Crippen LogP contribution in [0.5, 0.6) is 5.75 Å². The third-order valence-corrected chi connectivity index (χ3v) is 4.42. The van der Waals surface area contributed by atoms with Crippen molar-refractivity contribution >= 4 is 12.0 Å². The Hall–Kier alpha value is -3.02. The molecule has 2 N–H and O–H groups in total. The first-order valence-corrected chi connectivity index (χ1v) is 10.1. The molecular formula is C24H32N2O4. The topological polar surface area (TPSA) is 76.7 Å². The van der Waals surface area contributed by atoms with Gasteiger partial charge in [0.25, 0.3) is 0 Å². The Kier molecular flexibility index (Phi) is 8.27. The number of rotatable bonds is 8. The molecule has 0 unspecified atom stereocenters. The summed E-state index contributed by atoms with van der Waals surface area (Å²) in [6.45, 7) is 7.80. The molecule has 0 aliphatic rings. The van der Waals surface area contributed by atoms with Crippen LogP contribution in [-0.2, 0) is 22.4 Å². The lowest BCUT2D eigenvalue weighted by Gasteiger charge is -2.23. The number of benzene rings is 2. The Bertz CT molecular complexity index is 844. The lowest BCUT2D eigenvalue weighted by atomic mass is 10.0. The molecule has 6 nitrogen and oxygen atoms in total. The fourth-order valence-corrected chi connectivity index (χ4v) is 3.06. The first kappa shape index (κ1) is 23.3. The second-order valence-corrected chi connectivity index (χ2v) is 8.24. The Morgan fingerprint density at radius 3 is 2.40 bits per heavy atom. The third-order valence-electron chi connectivity index (χ3n) is 4.42. The van der Waals surface area contributed by atoms with Crippen molar-refractivity contribution in [1.82, 2.24) is 10.6 Å². The lowest BCUT2D eigenvalue weighted by Crippen LogP contribution is -2.49. The fourth-order valence-electron chi connectivity index (χ4n) is 3.06. The number of hydrogen-bond acceptors (Lipinski definition) is 4. The van der Waals surface area contributed by atoms with Crippen LogP contribution in [-0.4, -0.2) is 37.3 Å². The highest BCUT2D eigenvalue weighted by Crippen LogP contribution is 2.19. The third kappa shape index (κ3) is 7.78. The van der Waals surface area contributed by atoms with Gasteiger partial charge >= 0.3 is 6.09 Å². The Labute approximate surface area is 179 Å². The molecule has 1 atom stereocenters. The molecule has 2 aromatic carbocycles. The predicted molar refractivity (Wildman–Crippen MR) is 118 cm³/mol. The minimum atomic E-state index is -0.735. The second-order valence-electron chi connectivity index (χ2n) is 8.24. The summed E-state index contributed by atoms with van der Waals surface area (Å²) in [5, 5.41) is 5.63. The van der Waals surface area contributed by atoms with Gasteiger partial charge in [0, 0.05) is 13.0 Å². The summed E-state index contributed by atoms with van der Waals surface area (Å²) >= 11 is 0. The predicted octanol–water partition coefficient (Wildman–Crippen LogP) is 3.80. The van der Waals surface area contributed by atoms with Crippen molar-refractivity contribution in [2.75, 3.05) is 13.7 Å². The zero-order chi connectivity index (χ0) is 22.1. The van der Waals surface area contributed by atoms with E-state index >= 15 is 0 Å². The van der Waals surface area contributed by atoms with E-state index in [1.165, 1.54) is 0 Å². The number of amides is 2. The van der Waals surface area contributed by atoms with E-state index in [0.29, 0.717) is 19.4 Å². The number of hydrogen-bond donors (Lipinski definition) is 2. The quantitative estimate of drug-likeness (QED) is 0.691. The summed E-state index contributed by atoms with van der Waals surface area (Å²) < 4.78 is 10.7. The first-order valence-electron chi connectivity index (χ1n) is 10.1. The monoisotopic (exact) mass is 412 g/mol. The molecule has 2 aromatic rings. The van der Waals surface area contributed by atoms with Gasteiger partial charge in [-0.15, -0.1) is 0 Å². The highest BCUT2D eigenvalue weighted by molar-refractivity contribution is 5.86. The van der Waals surface area contributed by atoms with Crippen LogP contribution in [0, 0.1) is 6.92 Å². The standard InChI is InChI=1S/C24H32N2O4/c1-17-11-12-21(29-5)19(15-17)13-14-25-22(27)20(16-18-9-7-6-8-10-18)26-23(28)30-24(2,3)4/h6-12,15,20H,13-14,16H2,1-5H3,(H,25,27)(H,26,28)/t20-/m1/s1. The molecule has 30 heavy (non-hydrogen) atoms. The van der Waals surface area contributed by atoms with E-state index in [1.54, 1.807) is 27.9 Å². The highest BCUT2D eigenvalue weighted by Gasteiger charge is 2.24. The maximum atomic E-state index is 12.8. The average Bonchev–Trinajstić information content (AvgIpc) is 2.67. The van der Waals surface area contributed by atoms with Gasteiger partial charge in [0.05, 0.1) is 7.11 Å². The summed E-state index contributed by atoms with van der Waals surface area (Å²) in [7, 11) is 1.63. The molecule has 2 rings (SSSR count).